The molecule has 18 heavy (non-hydrogen) atoms. The van der Waals surface area contributed by atoms with Gasteiger partial charge < -0.3 is 5.32 Å². The lowest BCUT2D eigenvalue weighted by atomic mass is 10.1. The van der Waals surface area contributed by atoms with Crippen LogP contribution in [0.5, 0.6) is 0 Å². The van der Waals surface area contributed by atoms with E-state index in [-0.39, 0.29) is 11.7 Å². The van der Waals surface area contributed by atoms with Crippen LogP contribution in [0.25, 0.3) is 0 Å². The molecule has 2 rings (SSSR count). The van der Waals surface area contributed by atoms with Gasteiger partial charge in [-0.15, -0.1) is 0 Å². The second-order valence-corrected chi connectivity index (χ2v) is 3.98. The highest BCUT2D eigenvalue weighted by Crippen LogP contribution is 2.03. The lowest BCUT2D eigenvalue weighted by molar-refractivity contribution is 0.0945. The molecule has 0 unspecified atom stereocenters. The van der Waals surface area contributed by atoms with Crippen molar-refractivity contribution in [2.45, 2.75) is 6.42 Å². The zero-order chi connectivity index (χ0) is 13.0. The van der Waals surface area contributed by atoms with Crippen LogP contribution in [-0.2, 0) is 13.5 Å². The van der Waals surface area contributed by atoms with Crippen molar-refractivity contribution in [3.05, 3.63) is 53.6 Å². The average molecular weight is 247 g/mol. The molecule has 0 spiro atoms. The average Bonchev–Trinajstić information content (AvgIpc) is 2.75. The fraction of sp³-hybridized carbons (Fsp3) is 0.231. The molecule has 1 N–H and O–H groups in total. The minimum Gasteiger partial charge on any atom is -0.350 e. The van der Waals surface area contributed by atoms with Crippen LogP contribution in [0, 0.1) is 5.82 Å². The molecule has 0 aliphatic carbocycles. The number of hydrogen-bond donors (Lipinski definition) is 1. The van der Waals surface area contributed by atoms with Gasteiger partial charge in [0.25, 0.3) is 5.91 Å². The van der Waals surface area contributed by atoms with Gasteiger partial charge in [-0.05, 0) is 30.2 Å². The van der Waals surface area contributed by atoms with Gasteiger partial charge in [-0.2, -0.15) is 5.10 Å². The first-order chi connectivity index (χ1) is 8.66. The third-order valence-electron chi connectivity index (χ3n) is 2.64. The van der Waals surface area contributed by atoms with Crippen molar-refractivity contribution >= 4 is 5.91 Å². The number of nitrogens with zero attached hydrogens (tertiary/aromatic N) is 2. The van der Waals surface area contributed by atoms with Gasteiger partial charge >= 0.3 is 0 Å². The monoisotopic (exact) mass is 247 g/mol. The Morgan fingerprint density at radius 2 is 2.28 bits per heavy atom. The predicted molar refractivity (Wildman–Crippen MR) is 65.6 cm³/mol. The largest absolute Gasteiger partial charge is 0.350 e. The van der Waals surface area contributed by atoms with Crippen LogP contribution in [-0.4, -0.2) is 22.2 Å². The Balaban J connectivity index is 1.86. The molecule has 0 atom stereocenters. The first-order valence-corrected chi connectivity index (χ1v) is 5.67. The zero-order valence-corrected chi connectivity index (χ0v) is 10.1. The number of rotatable bonds is 4. The number of carbonyl (C=O) groups is 1. The summed E-state index contributed by atoms with van der Waals surface area (Å²) in [6.07, 6.45) is 2.17. The first kappa shape index (κ1) is 12.3. The highest BCUT2D eigenvalue weighted by molar-refractivity contribution is 5.92. The maximum Gasteiger partial charge on any atom is 0.269 e. The van der Waals surface area contributed by atoms with E-state index in [0.29, 0.717) is 18.7 Å². The van der Waals surface area contributed by atoms with Gasteiger partial charge in [0.15, 0.2) is 0 Å². The van der Waals surface area contributed by atoms with E-state index >= 15 is 0 Å². The Kier molecular flexibility index (Phi) is 3.72. The van der Waals surface area contributed by atoms with Gasteiger partial charge in [-0.1, -0.05) is 12.1 Å². The van der Waals surface area contributed by atoms with E-state index in [1.807, 2.05) is 6.07 Å². The minimum atomic E-state index is -0.259. The van der Waals surface area contributed by atoms with Gasteiger partial charge in [0, 0.05) is 19.8 Å². The SMILES string of the molecule is Cn1nccc1C(=O)NCCc1cccc(F)c1. The molecule has 0 fully saturated rings. The molecule has 0 aliphatic rings. The van der Waals surface area contributed by atoms with Crippen LogP contribution in [0.3, 0.4) is 0 Å². The summed E-state index contributed by atoms with van der Waals surface area (Å²) in [5.74, 6) is -0.433. The van der Waals surface area contributed by atoms with Gasteiger partial charge in [0.1, 0.15) is 11.5 Å². The summed E-state index contributed by atoms with van der Waals surface area (Å²) < 4.78 is 14.4. The van der Waals surface area contributed by atoms with Crippen molar-refractivity contribution in [1.82, 2.24) is 15.1 Å². The summed E-state index contributed by atoms with van der Waals surface area (Å²) in [5.41, 5.74) is 1.37. The van der Waals surface area contributed by atoms with Crippen LogP contribution in [0.2, 0.25) is 0 Å². The molecule has 2 aromatic rings. The maximum atomic E-state index is 12.9. The Hall–Kier alpha value is -2.17. The molecule has 0 bridgehead atoms. The smallest absolute Gasteiger partial charge is 0.269 e. The molecule has 1 heterocycles. The maximum absolute atomic E-state index is 12.9. The quantitative estimate of drug-likeness (QED) is 0.890. The third kappa shape index (κ3) is 2.94. The van der Waals surface area contributed by atoms with Crippen LogP contribution in [0.4, 0.5) is 4.39 Å². The third-order valence-corrected chi connectivity index (χ3v) is 2.64. The standard InChI is InChI=1S/C13H14FN3O/c1-17-12(6-8-16-17)13(18)15-7-5-10-3-2-4-11(14)9-10/h2-4,6,8-9H,5,7H2,1H3,(H,15,18). The fourth-order valence-electron chi connectivity index (χ4n) is 1.70. The summed E-state index contributed by atoms with van der Waals surface area (Å²) in [7, 11) is 1.71. The molecule has 5 heteroatoms. The summed E-state index contributed by atoms with van der Waals surface area (Å²) in [4.78, 5) is 11.7. The van der Waals surface area contributed by atoms with Gasteiger partial charge in [0.05, 0.1) is 0 Å². The van der Waals surface area contributed by atoms with Gasteiger partial charge in [0.2, 0.25) is 0 Å². The molecule has 1 aromatic carbocycles. The summed E-state index contributed by atoms with van der Waals surface area (Å²) >= 11 is 0. The van der Waals surface area contributed by atoms with Crippen LogP contribution in [0.1, 0.15) is 16.1 Å². The topological polar surface area (TPSA) is 46.9 Å². The number of amides is 1. The summed E-state index contributed by atoms with van der Waals surface area (Å²) in [6, 6.07) is 8.01. The van der Waals surface area contributed by atoms with Crippen molar-refractivity contribution in [3.63, 3.8) is 0 Å². The number of aryl methyl sites for hydroxylation is 1. The van der Waals surface area contributed by atoms with E-state index in [9.17, 15) is 9.18 Å². The van der Waals surface area contributed by atoms with E-state index in [2.05, 4.69) is 10.4 Å². The molecule has 94 valence electrons. The van der Waals surface area contributed by atoms with Gasteiger partial charge in [-0.3, -0.25) is 9.48 Å². The van der Waals surface area contributed by atoms with Crippen molar-refractivity contribution in [2.75, 3.05) is 6.54 Å². The molecule has 0 aliphatic heterocycles. The highest BCUT2D eigenvalue weighted by Gasteiger charge is 2.08. The van der Waals surface area contributed by atoms with E-state index < -0.39 is 0 Å². The minimum absolute atomic E-state index is 0.175. The Morgan fingerprint density at radius 3 is 2.94 bits per heavy atom. The van der Waals surface area contributed by atoms with E-state index in [0.717, 1.165) is 5.56 Å². The molecule has 1 amide bonds. The number of halogens is 1. The van der Waals surface area contributed by atoms with Crippen molar-refractivity contribution in [1.29, 1.82) is 0 Å². The summed E-state index contributed by atoms with van der Waals surface area (Å²) in [6.45, 7) is 0.466. The van der Waals surface area contributed by atoms with Crippen LogP contribution < -0.4 is 5.32 Å². The Morgan fingerprint density at radius 1 is 1.44 bits per heavy atom. The first-order valence-electron chi connectivity index (χ1n) is 5.67. The van der Waals surface area contributed by atoms with Crippen LogP contribution >= 0.6 is 0 Å². The van der Waals surface area contributed by atoms with Crippen molar-refractivity contribution in [2.24, 2.45) is 7.05 Å². The number of aromatic nitrogens is 2. The van der Waals surface area contributed by atoms with E-state index in [4.69, 9.17) is 0 Å². The Labute approximate surface area is 104 Å². The second-order valence-electron chi connectivity index (χ2n) is 3.98. The molecule has 4 nitrogen and oxygen atoms in total. The molecule has 1 aromatic heterocycles. The second kappa shape index (κ2) is 5.44. The lowest BCUT2D eigenvalue weighted by Gasteiger charge is -2.05. The molecular formula is C13H14FN3O. The fourth-order valence-corrected chi connectivity index (χ4v) is 1.70. The molecular weight excluding hydrogens is 233 g/mol. The van der Waals surface area contributed by atoms with Gasteiger partial charge in [-0.25, -0.2) is 4.39 Å². The molecule has 0 saturated carbocycles. The van der Waals surface area contributed by atoms with Crippen molar-refractivity contribution in [3.8, 4) is 0 Å². The van der Waals surface area contributed by atoms with Crippen molar-refractivity contribution < 1.29 is 9.18 Å². The molecule has 0 saturated heterocycles. The zero-order valence-electron chi connectivity index (χ0n) is 10.1. The normalized spacial score (nSPS) is 10.3. The number of benzene rings is 1. The highest BCUT2D eigenvalue weighted by atomic mass is 19.1. The summed E-state index contributed by atoms with van der Waals surface area (Å²) in [5, 5.41) is 6.69. The lowest BCUT2D eigenvalue weighted by Crippen LogP contribution is -2.27. The van der Waals surface area contributed by atoms with Crippen LogP contribution in [0.15, 0.2) is 36.5 Å². The Bertz CT molecular complexity index is 551. The molecule has 0 radical (unpaired) electrons. The number of carbonyl (C=O) groups excluding carboxylic acids is 1. The predicted octanol–water partition coefficient (Wildman–Crippen LogP) is 1.53. The van der Waals surface area contributed by atoms with E-state index in [1.165, 1.54) is 16.8 Å². The van der Waals surface area contributed by atoms with E-state index in [1.54, 1.807) is 25.4 Å². The number of nitrogens with one attached hydrogen (secondary N) is 1. The number of hydrogen-bond acceptors (Lipinski definition) is 2.